The van der Waals surface area contributed by atoms with Gasteiger partial charge in [0.15, 0.2) is 11.9 Å². The van der Waals surface area contributed by atoms with Crippen LogP contribution < -0.4 is 16.7 Å². The Morgan fingerprint density at radius 1 is 1.14 bits per heavy atom. The van der Waals surface area contributed by atoms with Crippen molar-refractivity contribution >= 4 is 40.7 Å². The number of nitrogens with zero attached hydrogens (tertiary/aromatic N) is 3. The number of nitrogens with two attached hydrogens (primary N) is 1. The van der Waals surface area contributed by atoms with Gasteiger partial charge in [0.25, 0.3) is 0 Å². The number of rotatable bonds is 8. The molecular formula is C21H19Cl3F3N5O3. The number of amides is 1. The number of carbonyl (C=O) groups excluding carboxylic acids is 1. The number of aliphatic hydroxyl groups is 1. The van der Waals surface area contributed by atoms with Gasteiger partial charge >= 0.3 is 11.9 Å². The highest BCUT2D eigenvalue weighted by Gasteiger charge is 2.39. The molecule has 1 unspecified atom stereocenters. The molecular weight excluding hydrogens is 534 g/mol. The van der Waals surface area contributed by atoms with Crippen LogP contribution in [0.3, 0.4) is 0 Å². The van der Waals surface area contributed by atoms with Crippen molar-refractivity contribution in [3.8, 4) is 11.4 Å². The maximum Gasteiger partial charge on any atom is 0.416 e. The third-order valence-corrected chi connectivity index (χ3v) is 6.04. The van der Waals surface area contributed by atoms with Crippen LogP contribution >= 0.6 is 34.8 Å². The van der Waals surface area contributed by atoms with E-state index in [-0.39, 0.29) is 23.0 Å². The van der Waals surface area contributed by atoms with Crippen LogP contribution in [-0.2, 0) is 17.9 Å². The SMILES string of the molecule is NC(CNC(=O)Cn1nc(-c2ccc(Cl)cc2)n(C[C@H](O)C(F)(F)F)c1=O)c1cccc(Cl)c1Cl. The first kappa shape index (κ1) is 27.0. The average molecular weight is 553 g/mol. The molecule has 0 radical (unpaired) electrons. The van der Waals surface area contributed by atoms with Gasteiger partial charge in [0.05, 0.1) is 16.6 Å². The summed E-state index contributed by atoms with van der Waals surface area (Å²) in [6.45, 7) is -1.78. The van der Waals surface area contributed by atoms with Crippen molar-refractivity contribution in [1.29, 1.82) is 0 Å². The van der Waals surface area contributed by atoms with E-state index in [2.05, 4.69) is 10.4 Å². The van der Waals surface area contributed by atoms with Gasteiger partial charge in [-0.15, -0.1) is 5.10 Å². The van der Waals surface area contributed by atoms with Gasteiger partial charge in [0.1, 0.15) is 6.54 Å². The lowest BCUT2D eigenvalue weighted by Crippen LogP contribution is -2.39. The molecule has 1 aromatic heterocycles. The van der Waals surface area contributed by atoms with E-state index >= 15 is 0 Å². The number of aromatic nitrogens is 3. The van der Waals surface area contributed by atoms with Crippen LogP contribution in [0.5, 0.6) is 0 Å². The van der Waals surface area contributed by atoms with Gasteiger partial charge in [0, 0.05) is 23.2 Å². The summed E-state index contributed by atoms with van der Waals surface area (Å²) in [7, 11) is 0. The first-order valence-corrected chi connectivity index (χ1v) is 11.2. The van der Waals surface area contributed by atoms with Crippen LogP contribution in [-0.4, -0.2) is 44.2 Å². The molecule has 0 saturated heterocycles. The van der Waals surface area contributed by atoms with Crippen molar-refractivity contribution in [3.05, 3.63) is 73.6 Å². The van der Waals surface area contributed by atoms with E-state index in [1.807, 2.05) is 0 Å². The van der Waals surface area contributed by atoms with Crippen LogP contribution in [0.15, 0.2) is 47.3 Å². The quantitative estimate of drug-likeness (QED) is 0.396. The average Bonchev–Trinajstić information content (AvgIpc) is 3.09. The number of nitrogens with one attached hydrogen (secondary N) is 1. The summed E-state index contributed by atoms with van der Waals surface area (Å²) >= 11 is 17.9. The van der Waals surface area contributed by atoms with Crippen LogP contribution in [0.4, 0.5) is 13.2 Å². The molecule has 0 saturated carbocycles. The summed E-state index contributed by atoms with van der Waals surface area (Å²) in [6, 6.07) is 9.95. The molecule has 0 bridgehead atoms. The maximum atomic E-state index is 12.9. The summed E-state index contributed by atoms with van der Waals surface area (Å²) in [4.78, 5) is 25.2. The predicted octanol–water partition coefficient (Wildman–Crippen LogP) is 3.41. The first-order chi connectivity index (χ1) is 16.4. The van der Waals surface area contributed by atoms with Crippen molar-refractivity contribution in [2.75, 3.05) is 6.54 Å². The highest BCUT2D eigenvalue weighted by atomic mass is 35.5. The fourth-order valence-electron chi connectivity index (χ4n) is 3.13. The van der Waals surface area contributed by atoms with Gasteiger partial charge in [-0.05, 0) is 35.9 Å². The zero-order valence-electron chi connectivity index (χ0n) is 17.8. The highest BCUT2D eigenvalue weighted by Crippen LogP contribution is 2.29. The fraction of sp³-hybridized carbons (Fsp3) is 0.286. The molecule has 4 N–H and O–H groups in total. The molecule has 0 aliphatic carbocycles. The van der Waals surface area contributed by atoms with Crippen molar-refractivity contribution in [2.24, 2.45) is 5.73 Å². The van der Waals surface area contributed by atoms with Gasteiger partial charge in [0.2, 0.25) is 5.91 Å². The van der Waals surface area contributed by atoms with Crippen LogP contribution in [0.2, 0.25) is 15.1 Å². The second-order valence-electron chi connectivity index (χ2n) is 7.49. The van der Waals surface area contributed by atoms with E-state index in [0.717, 1.165) is 0 Å². The number of carbonyl (C=O) groups is 1. The summed E-state index contributed by atoms with van der Waals surface area (Å²) < 4.78 is 40.1. The molecule has 35 heavy (non-hydrogen) atoms. The van der Waals surface area contributed by atoms with Crippen LogP contribution in [0.1, 0.15) is 11.6 Å². The molecule has 0 aliphatic rings. The summed E-state index contributed by atoms with van der Waals surface area (Å²) in [5, 5.41) is 16.9. The first-order valence-electron chi connectivity index (χ1n) is 10.0. The number of alkyl halides is 3. The van der Waals surface area contributed by atoms with Crippen molar-refractivity contribution in [1.82, 2.24) is 19.7 Å². The topological polar surface area (TPSA) is 115 Å². The summed E-state index contributed by atoms with van der Waals surface area (Å²) in [5.74, 6) is -0.852. The van der Waals surface area contributed by atoms with Crippen molar-refractivity contribution in [3.63, 3.8) is 0 Å². The summed E-state index contributed by atoms with van der Waals surface area (Å²) in [6.07, 6.45) is -7.79. The minimum absolute atomic E-state index is 0.0643. The Morgan fingerprint density at radius 2 is 1.80 bits per heavy atom. The Bertz CT molecular complexity index is 1260. The normalized spacial score (nSPS) is 13.5. The number of hydrogen-bond acceptors (Lipinski definition) is 5. The summed E-state index contributed by atoms with van der Waals surface area (Å²) in [5.41, 5.74) is 5.79. The van der Waals surface area contributed by atoms with Crippen molar-refractivity contribution < 1.29 is 23.1 Å². The maximum absolute atomic E-state index is 12.9. The molecule has 3 aromatic rings. The smallest absolute Gasteiger partial charge is 0.382 e. The Labute approximate surface area is 212 Å². The Hall–Kier alpha value is -2.57. The molecule has 14 heteroatoms. The Morgan fingerprint density at radius 3 is 2.43 bits per heavy atom. The van der Waals surface area contributed by atoms with E-state index in [0.29, 0.717) is 24.9 Å². The van der Waals surface area contributed by atoms with E-state index in [9.17, 15) is 27.9 Å². The number of aliphatic hydroxyl groups excluding tert-OH is 1. The molecule has 1 heterocycles. The standard InChI is InChI=1S/C21H19Cl3F3N5O3/c22-12-6-4-11(5-7-12)19-30-32(20(35)31(19)9-16(33)21(25,26)27)10-17(34)29-8-15(28)13-2-1-3-14(23)18(13)24/h1-7,15-16,33H,8-10,28H2,(H,29,34)/t15?,16-/m0/s1. The van der Waals surface area contributed by atoms with Gasteiger partial charge in [-0.1, -0.05) is 46.9 Å². The second-order valence-corrected chi connectivity index (χ2v) is 8.71. The van der Waals surface area contributed by atoms with Crippen LogP contribution in [0, 0.1) is 0 Å². The Kier molecular flexibility index (Phi) is 8.50. The van der Waals surface area contributed by atoms with Gasteiger partial charge < -0.3 is 16.2 Å². The molecule has 3 rings (SSSR count). The number of hydrogen-bond donors (Lipinski definition) is 3. The zero-order chi connectivity index (χ0) is 25.9. The lowest BCUT2D eigenvalue weighted by molar-refractivity contribution is -0.207. The minimum atomic E-state index is -4.96. The lowest BCUT2D eigenvalue weighted by atomic mass is 10.1. The predicted molar refractivity (Wildman–Crippen MR) is 125 cm³/mol. The monoisotopic (exact) mass is 551 g/mol. The second kappa shape index (κ2) is 11.0. The third-order valence-electron chi connectivity index (χ3n) is 4.95. The largest absolute Gasteiger partial charge is 0.416 e. The van der Waals surface area contributed by atoms with Crippen LogP contribution in [0.25, 0.3) is 11.4 Å². The molecule has 0 fully saturated rings. The van der Waals surface area contributed by atoms with E-state index in [1.165, 1.54) is 24.3 Å². The van der Waals surface area contributed by atoms with Gasteiger partial charge in [-0.3, -0.25) is 9.36 Å². The third kappa shape index (κ3) is 6.56. The molecule has 0 spiro atoms. The van der Waals surface area contributed by atoms with E-state index in [4.69, 9.17) is 40.5 Å². The van der Waals surface area contributed by atoms with Gasteiger partial charge in [-0.25, -0.2) is 9.48 Å². The van der Waals surface area contributed by atoms with E-state index < -0.39 is 43.0 Å². The molecule has 2 aromatic carbocycles. The number of halogens is 6. The van der Waals surface area contributed by atoms with Crippen molar-refractivity contribution in [2.45, 2.75) is 31.4 Å². The molecule has 0 aliphatic heterocycles. The molecule has 1 amide bonds. The molecule has 188 valence electrons. The lowest BCUT2D eigenvalue weighted by Gasteiger charge is -2.15. The van der Waals surface area contributed by atoms with Gasteiger partial charge in [-0.2, -0.15) is 13.2 Å². The molecule has 2 atom stereocenters. The fourth-order valence-corrected chi connectivity index (χ4v) is 3.70. The molecule has 8 nitrogen and oxygen atoms in total. The minimum Gasteiger partial charge on any atom is -0.382 e. The van der Waals surface area contributed by atoms with E-state index in [1.54, 1.807) is 18.2 Å². The number of benzene rings is 2. The highest BCUT2D eigenvalue weighted by molar-refractivity contribution is 6.42. The zero-order valence-corrected chi connectivity index (χ0v) is 20.0. The Balaban J connectivity index is 1.81.